The maximum absolute atomic E-state index is 5.80. The van der Waals surface area contributed by atoms with Crippen LogP contribution in [0.5, 0.6) is 0 Å². The van der Waals surface area contributed by atoms with Gasteiger partial charge in [0, 0.05) is 5.02 Å². The molecule has 0 aliphatic rings. The van der Waals surface area contributed by atoms with E-state index >= 15 is 0 Å². The average molecular weight is 228 g/mol. The average Bonchev–Trinajstić information content (AvgIpc) is 2.34. The topological polar surface area (TPSA) is 26.0 Å². The van der Waals surface area contributed by atoms with Crippen LogP contribution in [0.25, 0.3) is 6.08 Å². The minimum Gasteiger partial charge on any atom is -0.333 e. The first-order chi connectivity index (χ1) is 7.27. The molecule has 0 aromatic heterocycles. The van der Waals surface area contributed by atoms with Crippen LogP contribution in [0.1, 0.15) is 31.9 Å². The third-order valence-corrected chi connectivity index (χ3v) is 1.94. The molecule has 0 fully saturated rings. The molecule has 0 amide bonds. The molecule has 0 aliphatic carbocycles. The van der Waals surface area contributed by atoms with Crippen molar-refractivity contribution in [3.05, 3.63) is 40.9 Å². The van der Waals surface area contributed by atoms with Gasteiger partial charge in [0.25, 0.3) is 0 Å². The van der Waals surface area contributed by atoms with Gasteiger partial charge in [-0.25, -0.2) is 0 Å². The molecule has 2 N–H and O–H groups in total. The van der Waals surface area contributed by atoms with Gasteiger partial charge in [-0.05, 0) is 36.7 Å². The van der Waals surface area contributed by atoms with Gasteiger partial charge in [0.05, 0.1) is 0 Å². The first-order valence-corrected chi connectivity index (χ1v) is 5.64. The summed E-state index contributed by atoms with van der Waals surface area (Å²) >= 11 is 5.80. The van der Waals surface area contributed by atoms with Crippen LogP contribution in [0.15, 0.2) is 24.8 Å². The van der Waals surface area contributed by atoms with E-state index in [1.54, 1.807) is 0 Å². The zero-order chi connectivity index (χ0) is 12.3. The molecular formula is C13H22ClN. The quantitative estimate of drug-likeness (QED) is 0.807. The van der Waals surface area contributed by atoms with Crippen molar-refractivity contribution in [1.29, 1.82) is 0 Å². The van der Waals surface area contributed by atoms with Crippen molar-refractivity contribution in [1.82, 2.24) is 0 Å². The number of rotatable bonds is 2. The van der Waals surface area contributed by atoms with E-state index in [0.717, 1.165) is 17.0 Å². The molecule has 0 radical (unpaired) electrons. The predicted molar refractivity (Wildman–Crippen MR) is 72.4 cm³/mol. The van der Waals surface area contributed by atoms with Crippen LogP contribution in [-0.4, -0.2) is 7.05 Å². The number of benzene rings is 1. The molecule has 1 nitrogen and oxygen atoms in total. The van der Waals surface area contributed by atoms with Gasteiger partial charge >= 0.3 is 0 Å². The Morgan fingerprint density at radius 2 is 1.87 bits per heavy atom. The van der Waals surface area contributed by atoms with Gasteiger partial charge in [0.15, 0.2) is 0 Å². The fourth-order valence-electron chi connectivity index (χ4n) is 1.08. The molecule has 0 unspecified atom stereocenters. The van der Waals surface area contributed by atoms with Crippen LogP contribution >= 0.6 is 11.6 Å². The summed E-state index contributed by atoms with van der Waals surface area (Å²) in [6.07, 6.45) is 2.86. The summed E-state index contributed by atoms with van der Waals surface area (Å²) in [6, 6.07) is 5.89. The Hall–Kier alpha value is -0.790. The first kappa shape index (κ1) is 16.6. The standard InChI is InChI=1S/C10H11Cl.C2H6.CH5N/c1-3-8-5-6-10(11)7-9(8)4-2;2*1-2/h4-7H,2-3H2,1H3;1-2H3;2H2,1H3. The van der Waals surface area contributed by atoms with E-state index in [4.69, 9.17) is 11.6 Å². The van der Waals surface area contributed by atoms with Crippen molar-refractivity contribution < 1.29 is 0 Å². The Bertz CT molecular complexity index is 269. The largest absolute Gasteiger partial charge is 0.333 e. The molecule has 86 valence electrons. The highest BCUT2D eigenvalue weighted by Gasteiger charge is 1.96. The lowest BCUT2D eigenvalue weighted by Gasteiger charge is -2.02. The van der Waals surface area contributed by atoms with Gasteiger partial charge in [-0.1, -0.05) is 51.1 Å². The molecular weight excluding hydrogens is 206 g/mol. The fraction of sp³-hybridized carbons (Fsp3) is 0.385. The zero-order valence-corrected chi connectivity index (χ0v) is 10.9. The van der Waals surface area contributed by atoms with E-state index in [-0.39, 0.29) is 0 Å². The second-order valence-electron chi connectivity index (χ2n) is 2.40. The van der Waals surface area contributed by atoms with Crippen molar-refractivity contribution in [2.75, 3.05) is 7.05 Å². The minimum atomic E-state index is 0.775. The van der Waals surface area contributed by atoms with Gasteiger partial charge in [0.2, 0.25) is 0 Å². The van der Waals surface area contributed by atoms with E-state index < -0.39 is 0 Å². The van der Waals surface area contributed by atoms with Crippen LogP contribution in [0.4, 0.5) is 0 Å². The van der Waals surface area contributed by atoms with Gasteiger partial charge in [-0.2, -0.15) is 0 Å². The Balaban J connectivity index is 0. The first-order valence-electron chi connectivity index (χ1n) is 5.26. The van der Waals surface area contributed by atoms with Crippen LogP contribution in [0.2, 0.25) is 5.02 Å². The zero-order valence-electron chi connectivity index (χ0n) is 10.2. The summed E-state index contributed by atoms with van der Waals surface area (Å²) in [4.78, 5) is 0. The highest BCUT2D eigenvalue weighted by molar-refractivity contribution is 6.30. The molecule has 0 heterocycles. The lowest BCUT2D eigenvalue weighted by atomic mass is 10.1. The van der Waals surface area contributed by atoms with Gasteiger partial charge < -0.3 is 5.73 Å². The predicted octanol–water partition coefficient (Wildman–Crippen LogP) is 4.15. The highest BCUT2D eigenvalue weighted by Crippen LogP contribution is 2.17. The van der Waals surface area contributed by atoms with Crippen molar-refractivity contribution in [2.24, 2.45) is 5.73 Å². The Kier molecular flexibility index (Phi) is 12.5. The Morgan fingerprint density at radius 1 is 1.33 bits per heavy atom. The number of aryl methyl sites for hydroxylation is 1. The molecule has 0 spiro atoms. The van der Waals surface area contributed by atoms with Crippen molar-refractivity contribution in [3.63, 3.8) is 0 Å². The van der Waals surface area contributed by atoms with Gasteiger partial charge in [0.1, 0.15) is 0 Å². The summed E-state index contributed by atoms with van der Waals surface area (Å²) in [5.41, 5.74) is 6.93. The van der Waals surface area contributed by atoms with Gasteiger partial charge in [-0.3, -0.25) is 0 Å². The molecule has 2 heteroatoms. The van der Waals surface area contributed by atoms with Gasteiger partial charge in [-0.15, -0.1) is 0 Å². The maximum atomic E-state index is 5.80. The SMILES string of the molecule is C=Cc1cc(Cl)ccc1CC.CC.CN. The highest BCUT2D eigenvalue weighted by atomic mass is 35.5. The van der Waals surface area contributed by atoms with Crippen LogP contribution in [0.3, 0.4) is 0 Å². The van der Waals surface area contributed by atoms with E-state index in [1.807, 2.05) is 38.1 Å². The number of nitrogens with two attached hydrogens (primary N) is 1. The fourth-order valence-corrected chi connectivity index (χ4v) is 1.26. The van der Waals surface area contributed by atoms with Crippen LogP contribution < -0.4 is 5.73 Å². The second kappa shape index (κ2) is 11.3. The summed E-state index contributed by atoms with van der Waals surface area (Å²) in [5.74, 6) is 0. The second-order valence-corrected chi connectivity index (χ2v) is 2.84. The number of hydrogen-bond acceptors (Lipinski definition) is 1. The van der Waals surface area contributed by atoms with Crippen molar-refractivity contribution >= 4 is 17.7 Å². The molecule has 0 aliphatic heterocycles. The third kappa shape index (κ3) is 6.32. The molecule has 0 atom stereocenters. The van der Waals surface area contributed by atoms with Crippen molar-refractivity contribution in [3.8, 4) is 0 Å². The summed E-state index contributed by atoms with van der Waals surface area (Å²) in [7, 11) is 1.50. The minimum absolute atomic E-state index is 0.775. The molecule has 0 saturated heterocycles. The van der Waals surface area contributed by atoms with Crippen LogP contribution in [-0.2, 0) is 6.42 Å². The monoisotopic (exact) mass is 227 g/mol. The Labute approximate surface area is 99.0 Å². The van der Waals surface area contributed by atoms with Crippen molar-refractivity contribution in [2.45, 2.75) is 27.2 Å². The van der Waals surface area contributed by atoms with E-state index in [1.165, 1.54) is 12.6 Å². The molecule has 0 bridgehead atoms. The molecule has 1 rings (SSSR count). The summed E-state index contributed by atoms with van der Waals surface area (Å²) < 4.78 is 0. The lowest BCUT2D eigenvalue weighted by molar-refractivity contribution is 1.13. The molecule has 15 heavy (non-hydrogen) atoms. The number of halogens is 1. The van der Waals surface area contributed by atoms with E-state index in [0.29, 0.717) is 0 Å². The lowest BCUT2D eigenvalue weighted by Crippen LogP contribution is -1.84. The maximum Gasteiger partial charge on any atom is 0.0412 e. The smallest absolute Gasteiger partial charge is 0.0412 e. The summed E-state index contributed by atoms with van der Waals surface area (Å²) in [5, 5.41) is 0.775. The molecule has 1 aromatic rings. The normalized spacial score (nSPS) is 7.87. The van der Waals surface area contributed by atoms with E-state index in [2.05, 4.69) is 19.2 Å². The Morgan fingerprint density at radius 3 is 2.27 bits per heavy atom. The summed E-state index contributed by atoms with van der Waals surface area (Å²) in [6.45, 7) is 9.84. The number of hydrogen-bond donors (Lipinski definition) is 1. The third-order valence-electron chi connectivity index (χ3n) is 1.71. The van der Waals surface area contributed by atoms with Crippen LogP contribution in [0, 0.1) is 0 Å². The molecule has 0 saturated carbocycles. The van der Waals surface area contributed by atoms with E-state index in [9.17, 15) is 0 Å². The molecule has 1 aromatic carbocycles.